The topological polar surface area (TPSA) is 29.4 Å². The molecule has 1 aromatic carbocycles. The fourth-order valence-corrected chi connectivity index (χ4v) is 3.96. The largest absolute Gasteiger partial charge is 0.294 e. The molecule has 1 aliphatic rings. The third-order valence-electron chi connectivity index (χ3n) is 6.37. The highest BCUT2D eigenvalue weighted by molar-refractivity contribution is 5.98. The number of benzene rings is 1. The molecule has 0 N–H and O–H groups in total. The number of carbonyl (C=O) groups is 1. The van der Waals surface area contributed by atoms with E-state index in [-0.39, 0.29) is 0 Å². The molecule has 0 heterocycles. The van der Waals surface area contributed by atoms with E-state index in [1.54, 1.807) is 0 Å². The van der Waals surface area contributed by atoms with Crippen LogP contribution in [0.2, 0.25) is 0 Å². The highest BCUT2D eigenvalue weighted by Crippen LogP contribution is 2.30. The fraction of sp³-hybridized carbons (Fsp3) is 0.667. The van der Waals surface area contributed by atoms with Crippen LogP contribution < -0.4 is 0 Å². The van der Waals surface area contributed by atoms with E-state index < -0.39 is 0 Å². The lowest BCUT2D eigenvalue weighted by Crippen LogP contribution is -2.13. The van der Waals surface area contributed by atoms with Gasteiger partial charge in [-0.15, -0.1) is 0 Å². The van der Waals surface area contributed by atoms with Crippen molar-refractivity contribution in [3.05, 3.63) is 28.8 Å². The summed E-state index contributed by atoms with van der Waals surface area (Å²) in [7, 11) is 0. The standard InChI is InChI=1S/C24H37NO/c1-6-17(2)18(3)12-13-25-23-15-19(4)22(14-20(23)5)24(26)16-21-10-8-7-9-11-21/h13-15,17-18,21H,6-12,16H2,1-5H3. The molecule has 0 radical (unpaired) electrons. The Labute approximate surface area is 160 Å². The maximum atomic E-state index is 12.8. The van der Waals surface area contributed by atoms with Gasteiger partial charge in [0, 0.05) is 18.2 Å². The molecule has 1 fully saturated rings. The molecule has 2 nitrogen and oxygen atoms in total. The third-order valence-corrected chi connectivity index (χ3v) is 6.37. The summed E-state index contributed by atoms with van der Waals surface area (Å²) in [5, 5.41) is 0. The van der Waals surface area contributed by atoms with Gasteiger partial charge in [0.1, 0.15) is 0 Å². The summed E-state index contributed by atoms with van der Waals surface area (Å²) in [6.07, 6.45) is 11.4. The number of ketones is 1. The van der Waals surface area contributed by atoms with Gasteiger partial charge in [-0.05, 0) is 61.3 Å². The van der Waals surface area contributed by atoms with Gasteiger partial charge in [0.15, 0.2) is 5.78 Å². The molecular weight excluding hydrogens is 318 g/mol. The van der Waals surface area contributed by atoms with E-state index in [0.717, 1.165) is 41.1 Å². The zero-order valence-electron chi connectivity index (χ0n) is 17.5. The molecule has 144 valence electrons. The third kappa shape index (κ3) is 5.79. The van der Waals surface area contributed by atoms with Crippen molar-refractivity contribution < 1.29 is 4.79 Å². The molecule has 1 saturated carbocycles. The number of rotatable bonds is 8. The van der Waals surface area contributed by atoms with Crippen molar-refractivity contribution in [2.45, 2.75) is 86.0 Å². The Hall–Kier alpha value is -1.44. The minimum atomic E-state index is 0.318. The summed E-state index contributed by atoms with van der Waals surface area (Å²) in [5.74, 6) is 2.29. The molecule has 0 aromatic heterocycles. The Morgan fingerprint density at radius 2 is 1.81 bits per heavy atom. The normalized spacial score (nSPS) is 18.2. The van der Waals surface area contributed by atoms with Gasteiger partial charge in [0.05, 0.1) is 5.69 Å². The van der Waals surface area contributed by atoms with Crippen LogP contribution in [-0.4, -0.2) is 12.0 Å². The van der Waals surface area contributed by atoms with E-state index in [0.29, 0.717) is 17.6 Å². The van der Waals surface area contributed by atoms with Gasteiger partial charge in [-0.2, -0.15) is 0 Å². The van der Waals surface area contributed by atoms with Crippen LogP contribution in [0, 0.1) is 31.6 Å². The first kappa shape index (κ1) is 20.9. The lowest BCUT2D eigenvalue weighted by atomic mass is 9.84. The van der Waals surface area contributed by atoms with E-state index in [2.05, 4.69) is 46.0 Å². The zero-order valence-corrected chi connectivity index (χ0v) is 17.5. The molecule has 2 atom stereocenters. The molecule has 1 aromatic rings. The van der Waals surface area contributed by atoms with Gasteiger partial charge in [0.2, 0.25) is 0 Å². The van der Waals surface area contributed by atoms with Crippen LogP contribution in [0.5, 0.6) is 0 Å². The minimum absolute atomic E-state index is 0.318. The van der Waals surface area contributed by atoms with E-state index >= 15 is 0 Å². The predicted molar refractivity (Wildman–Crippen MR) is 113 cm³/mol. The number of aryl methyl sites for hydroxylation is 2. The first-order valence-corrected chi connectivity index (χ1v) is 10.6. The molecular formula is C24H37NO. The average molecular weight is 356 g/mol. The maximum absolute atomic E-state index is 12.8. The van der Waals surface area contributed by atoms with Crippen molar-refractivity contribution in [1.82, 2.24) is 0 Å². The summed E-state index contributed by atoms with van der Waals surface area (Å²) >= 11 is 0. The molecule has 26 heavy (non-hydrogen) atoms. The first-order chi connectivity index (χ1) is 12.4. The lowest BCUT2D eigenvalue weighted by molar-refractivity contribution is 0.0949. The average Bonchev–Trinajstić information content (AvgIpc) is 2.64. The molecule has 0 bridgehead atoms. The van der Waals surface area contributed by atoms with Crippen LogP contribution in [0.25, 0.3) is 0 Å². The van der Waals surface area contributed by atoms with Gasteiger partial charge in [0.25, 0.3) is 0 Å². The van der Waals surface area contributed by atoms with Gasteiger partial charge in [-0.25, -0.2) is 0 Å². The molecule has 0 amide bonds. The van der Waals surface area contributed by atoms with Crippen molar-refractivity contribution in [2.24, 2.45) is 22.7 Å². The van der Waals surface area contributed by atoms with Gasteiger partial charge < -0.3 is 0 Å². The Morgan fingerprint density at radius 1 is 1.12 bits per heavy atom. The van der Waals surface area contributed by atoms with E-state index in [4.69, 9.17) is 4.99 Å². The maximum Gasteiger partial charge on any atom is 0.163 e. The number of Topliss-reactive ketones (excluding diaryl/α,β-unsaturated/α-hetero) is 1. The molecule has 2 heteroatoms. The van der Waals surface area contributed by atoms with Crippen molar-refractivity contribution in [3.63, 3.8) is 0 Å². The molecule has 0 saturated heterocycles. The molecule has 0 spiro atoms. The summed E-state index contributed by atoms with van der Waals surface area (Å²) in [4.78, 5) is 17.5. The predicted octanol–water partition coefficient (Wildman–Crippen LogP) is 7.23. The van der Waals surface area contributed by atoms with Gasteiger partial charge in [-0.3, -0.25) is 9.79 Å². The van der Waals surface area contributed by atoms with Crippen LogP contribution in [-0.2, 0) is 0 Å². The zero-order chi connectivity index (χ0) is 19.1. The SMILES string of the molecule is CCC(C)C(C)CC=Nc1cc(C)c(C(=O)CC2CCCCC2)cc1C. The van der Waals surface area contributed by atoms with Crippen molar-refractivity contribution in [2.75, 3.05) is 0 Å². The first-order valence-electron chi connectivity index (χ1n) is 10.6. The van der Waals surface area contributed by atoms with Crippen molar-refractivity contribution in [3.8, 4) is 0 Å². The van der Waals surface area contributed by atoms with Crippen LogP contribution in [0.4, 0.5) is 5.69 Å². The second kappa shape index (κ2) is 10.0. The summed E-state index contributed by atoms with van der Waals surface area (Å²) in [5.41, 5.74) is 4.08. The van der Waals surface area contributed by atoms with E-state index in [9.17, 15) is 4.79 Å². The van der Waals surface area contributed by atoms with Crippen LogP contribution >= 0.6 is 0 Å². The Balaban J connectivity index is 2.03. The highest BCUT2D eigenvalue weighted by Gasteiger charge is 2.19. The highest BCUT2D eigenvalue weighted by atomic mass is 16.1. The molecule has 2 unspecified atom stereocenters. The summed E-state index contributed by atoms with van der Waals surface area (Å²) < 4.78 is 0. The summed E-state index contributed by atoms with van der Waals surface area (Å²) in [6, 6.07) is 4.15. The van der Waals surface area contributed by atoms with Gasteiger partial charge >= 0.3 is 0 Å². The minimum Gasteiger partial charge on any atom is -0.294 e. The van der Waals surface area contributed by atoms with E-state index in [1.807, 2.05) is 6.92 Å². The number of aliphatic imine (C=N–C) groups is 1. The Morgan fingerprint density at radius 3 is 2.46 bits per heavy atom. The second-order valence-electron chi connectivity index (χ2n) is 8.50. The van der Waals surface area contributed by atoms with E-state index in [1.165, 1.54) is 38.5 Å². The number of hydrogen-bond donors (Lipinski definition) is 0. The number of carbonyl (C=O) groups excluding carboxylic acids is 1. The van der Waals surface area contributed by atoms with Crippen LogP contribution in [0.1, 0.15) is 93.6 Å². The second-order valence-corrected chi connectivity index (χ2v) is 8.50. The Kier molecular flexibility index (Phi) is 8.06. The fourth-order valence-electron chi connectivity index (χ4n) is 3.96. The van der Waals surface area contributed by atoms with Crippen molar-refractivity contribution >= 4 is 17.7 Å². The number of hydrogen-bond acceptors (Lipinski definition) is 2. The van der Waals surface area contributed by atoms with Crippen molar-refractivity contribution in [1.29, 1.82) is 0 Å². The van der Waals surface area contributed by atoms with Crippen LogP contribution in [0.15, 0.2) is 17.1 Å². The summed E-state index contributed by atoms with van der Waals surface area (Å²) in [6.45, 7) is 11.0. The quantitative estimate of drug-likeness (QED) is 0.357. The molecule has 0 aliphatic heterocycles. The molecule has 1 aliphatic carbocycles. The lowest BCUT2D eigenvalue weighted by Gasteiger charge is -2.21. The molecule has 2 rings (SSSR count). The van der Waals surface area contributed by atoms with Crippen LogP contribution in [0.3, 0.4) is 0 Å². The van der Waals surface area contributed by atoms with Gasteiger partial charge in [-0.1, -0.05) is 59.3 Å². The monoisotopic (exact) mass is 355 g/mol. The Bertz CT molecular complexity index is 625. The number of nitrogens with zero attached hydrogens (tertiary/aromatic N) is 1. The smallest absolute Gasteiger partial charge is 0.163 e.